The Morgan fingerprint density at radius 1 is 1.62 bits per heavy atom. The SMILES string of the molecule is C=C(CCC(C)S(=O)(=O)O)C(N)=O. The molecule has 0 aliphatic rings. The summed E-state index contributed by atoms with van der Waals surface area (Å²) in [5.74, 6) is -0.650. The topological polar surface area (TPSA) is 97.5 Å². The lowest BCUT2D eigenvalue weighted by molar-refractivity contribution is -0.114. The molecule has 0 fully saturated rings. The van der Waals surface area contributed by atoms with E-state index in [1.54, 1.807) is 0 Å². The predicted molar refractivity (Wildman–Crippen MR) is 48.6 cm³/mol. The minimum atomic E-state index is -4.02. The molecule has 0 saturated carbocycles. The molecule has 0 spiro atoms. The summed E-state index contributed by atoms with van der Waals surface area (Å²) in [6.45, 7) is 4.71. The standard InChI is InChI=1S/C7H13NO4S/c1-5(7(8)9)3-4-6(2)13(10,11)12/h6H,1,3-4H2,2H3,(H2,8,9)(H,10,11,12). The highest BCUT2D eigenvalue weighted by Crippen LogP contribution is 2.10. The van der Waals surface area contributed by atoms with Crippen molar-refractivity contribution in [2.24, 2.45) is 5.73 Å². The van der Waals surface area contributed by atoms with Gasteiger partial charge in [-0.3, -0.25) is 9.35 Å². The van der Waals surface area contributed by atoms with Crippen LogP contribution in [0.25, 0.3) is 0 Å². The van der Waals surface area contributed by atoms with E-state index in [9.17, 15) is 13.2 Å². The summed E-state index contributed by atoms with van der Waals surface area (Å²) in [7, 11) is -4.02. The maximum atomic E-state index is 10.5. The summed E-state index contributed by atoms with van der Waals surface area (Å²) < 4.78 is 29.6. The maximum Gasteiger partial charge on any atom is 0.267 e. The van der Waals surface area contributed by atoms with E-state index in [2.05, 4.69) is 6.58 Å². The predicted octanol–water partition coefficient (Wildman–Crippen LogP) is 0.0844. The average Bonchev–Trinajstić information content (AvgIpc) is 1.97. The smallest absolute Gasteiger partial charge is 0.267 e. The molecule has 13 heavy (non-hydrogen) atoms. The number of amides is 1. The molecule has 1 amide bonds. The van der Waals surface area contributed by atoms with Gasteiger partial charge in [0.15, 0.2) is 0 Å². The first-order valence-corrected chi connectivity index (χ1v) is 5.19. The van der Waals surface area contributed by atoms with Crippen LogP contribution >= 0.6 is 0 Å². The van der Waals surface area contributed by atoms with Crippen LogP contribution in [0.2, 0.25) is 0 Å². The molecule has 76 valence electrons. The molecule has 0 rings (SSSR count). The van der Waals surface area contributed by atoms with Crippen LogP contribution in [0.3, 0.4) is 0 Å². The highest BCUT2D eigenvalue weighted by atomic mass is 32.2. The molecular weight excluding hydrogens is 194 g/mol. The summed E-state index contributed by atoms with van der Waals surface area (Å²) in [4.78, 5) is 10.5. The van der Waals surface area contributed by atoms with Crippen LogP contribution < -0.4 is 5.73 Å². The Balaban J connectivity index is 4.06. The normalized spacial score (nSPS) is 13.7. The van der Waals surface area contributed by atoms with E-state index in [-0.39, 0.29) is 18.4 Å². The van der Waals surface area contributed by atoms with Gasteiger partial charge in [-0.2, -0.15) is 8.42 Å². The molecule has 0 saturated heterocycles. The number of rotatable bonds is 5. The molecule has 0 aromatic rings. The third-order valence-electron chi connectivity index (χ3n) is 1.71. The summed E-state index contributed by atoms with van der Waals surface area (Å²) >= 11 is 0. The third-order valence-corrected chi connectivity index (χ3v) is 2.96. The summed E-state index contributed by atoms with van der Waals surface area (Å²) in [5, 5.41) is -0.899. The van der Waals surface area contributed by atoms with Gasteiger partial charge in [-0.1, -0.05) is 6.58 Å². The number of carbonyl (C=O) groups excluding carboxylic acids is 1. The van der Waals surface area contributed by atoms with Gasteiger partial charge in [-0.05, 0) is 19.8 Å². The van der Waals surface area contributed by atoms with E-state index < -0.39 is 21.3 Å². The van der Waals surface area contributed by atoms with Crippen LogP contribution in [0.4, 0.5) is 0 Å². The van der Waals surface area contributed by atoms with Gasteiger partial charge in [0.2, 0.25) is 5.91 Å². The molecule has 0 aliphatic carbocycles. The Morgan fingerprint density at radius 2 is 2.08 bits per heavy atom. The first kappa shape index (κ1) is 12.1. The lowest BCUT2D eigenvalue weighted by Crippen LogP contribution is -2.19. The molecular formula is C7H13NO4S. The van der Waals surface area contributed by atoms with Crippen LogP contribution in [-0.2, 0) is 14.9 Å². The highest BCUT2D eigenvalue weighted by molar-refractivity contribution is 7.86. The Hall–Kier alpha value is -0.880. The number of carbonyl (C=O) groups is 1. The quantitative estimate of drug-likeness (QED) is 0.493. The molecule has 1 unspecified atom stereocenters. The van der Waals surface area contributed by atoms with E-state index in [4.69, 9.17) is 10.3 Å². The molecule has 3 N–H and O–H groups in total. The third kappa shape index (κ3) is 4.64. The van der Waals surface area contributed by atoms with Gasteiger partial charge >= 0.3 is 0 Å². The van der Waals surface area contributed by atoms with Crippen molar-refractivity contribution in [2.45, 2.75) is 25.0 Å². The van der Waals surface area contributed by atoms with Crippen molar-refractivity contribution in [1.82, 2.24) is 0 Å². The van der Waals surface area contributed by atoms with Crippen molar-refractivity contribution in [3.63, 3.8) is 0 Å². The number of nitrogens with two attached hydrogens (primary N) is 1. The van der Waals surface area contributed by atoms with Crippen molar-refractivity contribution in [3.05, 3.63) is 12.2 Å². The summed E-state index contributed by atoms with van der Waals surface area (Å²) in [5.41, 5.74) is 5.04. The molecule has 0 heterocycles. The van der Waals surface area contributed by atoms with Crippen molar-refractivity contribution in [3.8, 4) is 0 Å². The van der Waals surface area contributed by atoms with Gasteiger partial charge in [-0.25, -0.2) is 0 Å². The average molecular weight is 207 g/mol. The Kier molecular flexibility index (Phi) is 4.09. The number of hydrogen-bond acceptors (Lipinski definition) is 3. The molecule has 0 aromatic heterocycles. The fourth-order valence-electron chi connectivity index (χ4n) is 0.650. The Bertz CT molecular complexity index is 306. The highest BCUT2D eigenvalue weighted by Gasteiger charge is 2.17. The zero-order valence-corrected chi connectivity index (χ0v) is 8.17. The minimum absolute atomic E-state index is 0.139. The molecule has 1 atom stereocenters. The second kappa shape index (κ2) is 4.38. The van der Waals surface area contributed by atoms with Crippen LogP contribution in [0.1, 0.15) is 19.8 Å². The van der Waals surface area contributed by atoms with Crippen LogP contribution in [0.15, 0.2) is 12.2 Å². The lowest BCUT2D eigenvalue weighted by Gasteiger charge is -2.07. The zero-order chi connectivity index (χ0) is 10.6. The van der Waals surface area contributed by atoms with Crippen LogP contribution in [0, 0.1) is 0 Å². The summed E-state index contributed by atoms with van der Waals surface area (Å²) in [6, 6.07) is 0. The Morgan fingerprint density at radius 3 is 2.38 bits per heavy atom. The van der Waals surface area contributed by atoms with Gasteiger partial charge in [0.05, 0.1) is 5.25 Å². The van der Waals surface area contributed by atoms with Gasteiger partial charge in [0.1, 0.15) is 0 Å². The number of hydrogen-bond donors (Lipinski definition) is 2. The van der Waals surface area contributed by atoms with Crippen LogP contribution in [-0.4, -0.2) is 24.1 Å². The van der Waals surface area contributed by atoms with Crippen molar-refractivity contribution in [2.75, 3.05) is 0 Å². The first-order chi connectivity index (χ1) is 5.75. The van der Waals surface area contributed by atoms with E-state index in [0.717, 1.165) is 0 Å². The van der Waals surface area contributed by atoms with Crippen molar-refractivity contribution in [1.29, 1.82) is 0 Å². The molecule has 0 aliphatic heterocycles. The fourth-order valence-corrected chi connectivity index (χ4v) is 1.07. The zero-order valence-electron chi connectivity index (χ0n) is 7.36. The fraction of sp³-hybridized carbons (Fsp3) is 0.571. The van der Waals surface area contributed by atoms with Crippen molar-refractivity contribution < 1.29 is 17.8 Å². The maximum absolute atomic E-state index is 10.5. The Labute approximate surface area is 77.4 Å². The van der Waals surface area contributed by atoms with Crippen molar-refractivity contribution >= 4 is 16.0 Å². The van der Waals surface area contributed by atoms with E-state index in [1.165, 1.54) is 6.92 Å². The van der Waals surface area contributed by atoms with E-state index in [1.807, 2.05) is 0 Å². The monoisotopic (exact) mass is 207 g/mol. The van der Waals surface area contributed by atoms with Gasteiger partial charge in [0, 0.05) is 5.57 Å². The molecule has 5 nitrogen and oxygen atoms in total. The van der Waals surface area contributed by atoms with E-state index in [0.29, 0.717) is 0 Å². The van der Waals surface area contributed by atoms with Gasteiger partial charge in [-0.15, -0.1) is 0 Å². The molecule has 6 heteroatoms. The second-order valence-corrected chi connectivity index (χ2v) is 4.67. The molecule has 0 radical (unpaired) electrons. The largest absolute Gasteiger partial charge is 0.366 e. The van der Waals surface area contributed by atoms with E-state index >= 15 is 0 Å². The summed E-state index contributed by atoms with van der Waals surface area (Å²) in [6.07, 6.45) is 0.316. The minimum Gasteiger partial charge on any atom is -0.366 e. The molecule has 0 bridgehead atoms. The second-order valence-electron chi connectivity index (χ2n) is 2.83. The van der Waals surface area contributed by atoms with Crippen LogP contribution in [0.5, 0.6) is 0 Å². The molecule has 0 aromatic carbocycles. The number of primary amides is 1. The van der Waals surface area contributed by atoms with Gasteiger partial charge in [0.25, 0.3) is 10.1 Å². The first-order valence-electron chi connectivity index (χ1n) is 3.69. The van der Waals surface area contributed by atoms with Gasteiger partial charge < -0.3 is 5.73 Å². The lowest BCUT2D eigenvalue weighted by atomic mass is 10.1.